The molecule has 0 aromatic heterocycles. The van der Waals surface area contributed by atoms with Crippen molar-refractivity contribution in [1.82, 2.24) is 5.32 Å². The summed E-state index contributed by atoms with van der Waals surface area (Å²) < 4.78 is 0. The van der Waals surface area contributed by atoms with Crippen molar-refractivity contribution in [3.05, 3.63) is 108 Å². The number of carbonyl (C=O) groups is 2. The van der Waals surface area contributed by atoms with E-state index in [1.165, 1.54) is 5.56 Å². The number of amides is 1. The van der Waals surface area contributed by atoms with Gasteiger partial charge in [0.15, 0.2) is 6.04 Å². The van der Waals surface area contributed by atoms with Crippen LogP contribution < -0.4 is 11.1 Å². The smallest absolute Gasteiger partial charge is 0.330 e. The molecule has 0 aliphatic heterocycles. The topological polar surface area (TPSA) is 92.4 Å². The molecule has 0 saturated heterocycles. The van der Waals surface area contributed by atoms with Crippen LogP contribution in [0.3, 0.4) is 0 Å². The van der Waals surface area contributed by atoms with Gasteiger partial charge in [-0.2, -0.15) is 0 Å². The summed E-state index contributed by atoms with van der Waals surface area (Å²) in [6, 6.07) is 26.3. The van der Waals surface area contributed by atoms with Gasteiger partial charge in [0.2, 0.25) is 0 Å². The first kappa shape index (κ1) is 20.9. The Morgan fingerprint density at radius 1 is 0.786 bits per heavy atom. The third-order valence-electron chi connectivity index (χ3n) is 4.02. The maximum atomic E-state index is 12.0. The molecule has 0 unspecified atom stereocenters. The number of carboxylic acid groups (broad SMARTS) is 1. The highest BCUT2D eigenvalue weighted by Gasteiger charge is 2.22. The summed E-state index contributed by atoms with van der Waals surface area (Å²) in [5.41, 5.74) is 7.78. The number of hydrogen-bond acceptors (Lipinski definition) is 3. The lowest BCUT2D eigenvalue weighted by atomic mass is 10.1. The summed E-state index contributed by atoms with van der Waals surface area (Å²) in [6.45, 7) is 1.98. The Morgan fingerprint density at radius 3 is 1.61 bits per heavy atom. The average molecular weight is 376 g/mol. The molecule has 3 aromatic carbocycles. The molecule has 1 amide bonds. The van der Waals surface area contributed by atoms with Crippen molar-refractivity contribution in [3.8, 4) is 0 Å². The van der Waals surface area contributed by atoms with E-state index in [4.69, 9.17) is 5.73 Å². The maximum absolute atomic E-state index is 12.0. The molecule has 3 aromatic rings. The third kappa shape index (κ3) is 6.37. The van der Waals surface area contributed by atoms with Crippen molar-refractivity contribution in [1.29, 1.82) is 0 Å². The molecule has 144 valence electrons. The fourth-order valence-electron chi connectivity index (χ4n) is 2.49. The van der Waals surface area contributed by atoms with Crippen molar-refractivity contribution in [3.63, 3.8) is 0 Å². The highest BCUT2D eigenvalue weighted by Crippen LogP contribution is 2.13. The first-order chi connectivity index (χ1) is 13.5. The van der Waals surface area contributed by atoms with Crippen LogP contribution in [0.15, 0.2) is 91.0 Å². The van der Waals surface area contributed by atoms with Crippen molar-refractivity contribution in [2.24, 2.45) is 5.73 Å². The van der Waals surface area contributed by atoms with Crippen LogP contribution in [0.2, 0.25) is 0 Å². The number of nitrogens with one attached hydrogen (secondary N) is 1. The molecule has 0 heterocycles. The lowest BCUT2D eigenvalue weighted by Gasteiger charge is -2.14. The summed E-state index contributed by atoms with van der Waals surface area (Å²) >= 11 is 0. The van der Waals surface area contributed by atoms with Gasteiger partial charge in [-0.3, -0.25) is 4.79 Å². The van der Waals surface area contributed by atoms with Crippen LogP contribution in [0.25, 0.3) is 0 Å². The molecule has 0 aliphatic carbocycles. The number of benzene rings is 3. The van der Waals surface area contributed by atoms with E-state index in [2.05, 4.69) is 5.32 Å². The Hall–Kier alpha value is -3.44. The van der Waals surface area contributed by atoms with Gasteiger partial charge < -0.3 is 16.2 Å². The quantitative estimate of drug-likeness (QED) is 0.629. The number of aliphatic carboxylic acids is 1. The van der Waals surface area contributed by atoms with Crippen LogP contribution in [-0.2, 0) is 4.79 Å². The Bertz CT molecular complexity index is 866. The van der Waals surface area contributed by atoms with E-state index in [-0.39, 0.29) is 6.04 Å². The molecular formula is C23H24N2O3. The van der Waals surface area contributed by atoms with Gasteiger partial charge in [-0.05, 0) is 30.2 Å². The normalized spacial score (nSPS) is 12.1. The molecule has 2 atom stereocenters. The van der Waals surface area contributed by atoms with Gasteiger partial charge in [-0.15, -0.1) is 0 Å². The lowest BCUT2D eigenvalue weighted by molar-refractivity contribution is -0.139. The fourth-order valence-corrected chi connectivity index (χ4v) is 2.49. The lowest BCUT2D eigenvalue weighted by Crippen LogP contribution is -2.33. The molecule has 28 heavy (non-hydrogen) atoms. The van der Waals surface area contributed by atoms with Gasteiger partial charge in [-0.1, -0.05) is 78.9 Å². The summed E-state index contributed by atoms with van der Waals surface area (Å²) in [5, 5.41) is 11.7. The highest BCUT2D eigenvalue weighted by atomic mass is 16.4. The number of rotatable bonds is 5. The van der Waals surface area contributed by atoms with Crippen LogP contribution in [0.5, 0.6) is 0 Å². The Kier molecular flexibility index (Phi) is 7.93. The number of carboxylic acids is 1. The highest BCUT2D eigenvalue weighted by molar-refractivity contribution is 5.96. The predicted molar refractivity (Wildman–Crippen MR) is 110 cm³/mol. The second-order valence-corrected chi connectivity index (χ2v) is 6.22. The zero-order valence-electron chi connectivity index (χ0n) is 15.7. The molecule has 4 N–H and O–H groups in total. The molecule has 5 heteroatoms. The van der Waals surface area contributed by atoms with Gasteiger partial charge in [0.25, 0.3) is 5.91 Å². The molecule has 0 aliphatic rings. The maximum Gasteiger partial charge on any atom is 0.330 e. The Morgan fingerprint density at radius 2 is 1.21 bits per heavy atom. The third-order valence-corrected chi connectivity index (χ3v) is 4.02. The first-order valence-electron chi connectivity index (χ1n) is 8.93. The summed E-state index contributed by atoms with van der Waals surface area (Å²) in [6.07, 6.45) is 0. The van der Waals surface area contributed by atoms with Gasteiger partial charge in [0, 0.05) is 11.6 Å². The van der Waals surface area contributed by atoms with Gasteiger partial charge >= 0.3 is 5.97 Å². The van der Waals surface area contributed by atoms with E-state index >= 15 is 0 Å². The molecule has 3 rings (SSSR count). The minimum Gasteiger partial charge on any atom is -0.479 e. The van der Waals surface area contributed by atoms with E-state index < -0.39 is 17.9 Å². The second kappa shape index (κ2) is 10.6. The van der Waals surface area contributed by atoms with E-state index in [1.54, 1.807) is 60.7 Å². The molecular weight excluding hydrogens is 352 g/mol. The fraction of sp³-hybridized carbons (Fsp3) is 0.130. The van der Waals surface area contributed by atoms with Crippen LogP contribution in [-0.4, -0.2) is 17.0 Å². The van der Waals surface area contributed by atoms with E-state index in [0.717, 1.165) is 0 Å². The van der Waals surface area contributed by atoms with Crippen LogP contribution >= 0.6 is 0 Å². The van der Waals surface area contributed by atoms with Crippen molar-refractivity contribution < 1.29 is 14.7 Å². The number of carbonyl (C=O) groups excluding carboxylic acids is 1. The zero-order chi connectivity index (χ0) is 20.4. The van der Waals surface area contributed by atoms with E-state index in [0.29, 0.717) is 11.1 Å². The largest absolute Gasteiger partial charge is 0.479 e. The monoisotopic (exact) mass is 376 g/mol. The van der Waals surface area contributed by atoms with Gasteiger partial charge in [0.1, 0.15) is 0 Å². The van der Waals surface area contributed by atoms with E-state index in [9.17, 15) is 14.7 Å². The van der Waals surface area contributed by atoms with Crippen molar-refractivity contribution >= 4 is 11.9 Å². The Labute approximate surface area is 164 Å². The standard InChI is InChI=1S/C15H13NO3.C8H11N/c17-14(12-9-5-2-6-10-12)16-13(15(18)19)11-7-3-1-4-8-11;1-7(9)8-5-3-2-4-6-8/h1-10,13H,(H,16,17)(H,18,19);2-7H,9H2,1H3/t13-;7-/m11/s1. The van der Waals surface area contributed by atoms with Crippen LogP contribution in [0, 0.1) is 0 Å². The molecule has 0 radical (unpaired) electrons. The Balaban J connectivity index is 0.000000261. The second-order valence-electron chi connectivity index (χ2n) is 6.22. The number of hydrogen-bond donors (Lipinski definition) is 3. The minimum atomic E-state index is -1.09. The molecule has 0 saturated carbocycles. The van der Waals surface area contributed by atoms with Crippen LogP contribution in [0.1, 0.15) is 40.5 Å². The SMILES string of the molecule is C[C@@H](N)c1ccccc1.O=C(N[C@@H](C(=O)O)c1ccccc1)c1ccccc1. The first-order valence-corrected chi connectivity index (χ1v) is 8.93. The molecule has 5 nitrogen and oxygen atoms in total. The van der Waals surface area contributed by atoms with E-state index in [1.807, 2.05) is 37.3 Å². The van der Waals surface area contributed by atoms with Crippen LogP contribution in [0.4, 0.5) is 0 Å². The predicted octanol–water partition coefficient (Wildman–Crippen LogP) is 3.95. The summed E-state index contributed by atoms with van der Waals surface area (Å²) in [7, 11) is 0. The molecule has 0 spiro atoms. The minimum absolute atomic E-state index is 0.159. The molecule has 0 bridgehead atoms. The average Bonchev–Trinajstić information content (AvgIpc) is 2.74. The summed E-state index contributed by atoms with van der Waals surface area (Å²) in [5.74, 6) is -1.49. The van der Waals surface area contributed by atoms with Gasteiger partial charge in [0.05, 0.1) is 0 Å². The van der Waals surface area contributed by atoms with Gasteiger partial charge in [-0.25, -0.2) is 4.79 Å². The zero-order valence-corrected chi connectivity index (χ0v) is 15.7. The summed E-state index contributed by atoms with van der Waals surface area (Å²) in [4.78, 5) is 23.2. The molecule has 0 fully saturated rings. The van der Waals surface area contributed by atoms with Crippen molar-refractivity contribution in [2.45, 2.75) is 19.0 Å². The number of nitrogens with two attached hydrogens (primary N) is 1. The van der Waals surface area contributed by atoms with Crippen molar-refractivity contribution in [2.75, 3.05) is 0 Å².